The summed E-state index contributed by atoms with van der Waals surface area (Å²) in [6.45, 7) is 4.23. The van der Waals surface area contributed by atoms with Gasteiger partial charge in [0.1, 0.15) is 35.2 Å². The molecule has 0 saturated heterocycles. The van der Waals surface area contributed by atoms with E-state index in [1.807, 2.05) is 31.2 Å². The van der Waals surface area contributed by atoms with Crippen LogP contribution in [-0.4, -0.2) is 56.0 Å². The van der Waals surface area contributed by atoms with Crippen LogP contribution in [0.25, 0.3) is 11.3 Å². The van der Waals surface area contributed by atoms with Crippen molar-refractivity contribution in [1.82, 2.24) is 4.98 Å². The number of aliphatic hydroxyl groups excluding tert-OH is 1. The van der Waals surface area contributed by atoms with E-state index in [9.17, 15) is 13.5 Å². The van der Waals surface area contributed by atoms with Crippen LogP contribution >= 0.6 is 0 Å². The second kappa shape index (κ2) is 9.29. The number of benzene rings is 2. The topological polar surface area (TPSA) is 110 Å². The lowest BCUT2D eigenvalue weighted by Gasteiger charge is -2.15. The lowest BCUT2D eigenvalue weighted by atomic mass is 10.1. The van der Waals surface area contributed by atoms with Gasteiger partial charge in [-0.15, -0.1) is 0 Å². The molecule has 2 N–H and O–H groups in total. The van der Waals surface area contributed by atoms with Crippen LogP contribution in [0.1, 0.15) is 19.5 Å². The Hall–Kier alpha value is -3.30. The highest BCUT2D eigenvalue weighted by atomic mass is 32.2. The molecule has 4 rings (SSSR count). The van der Waals surface area contributed by atoms with Crippen molar-refractivity contribution in [2.75, 3.05) is 19.4 Å². The molecular weight excluding hydrogens is 444 g/mol. The van der Waals surface area contributed by atoms with Crippen LogP contribution in [0, 0.1) is 0 Å². The van der Waals surface area contributed by atoms with Crippen LogP contribution < -0.4 is 9.47 Å². The number of rotatable bonds is 8. The van der Waals surface area contributed by atoms with Crippen LogP contribution in [0.15, 0.2) is 64.5 Å². The van der Waals surface area contributed by atoms with Gasteiger partial charge in [0.2, 0.25) is 5.90 Å². The summed E-state index contributed by atoms with van der Waals surface area (Å²) in [6.07, 6.45) is 0.813. The average molecular weight is 471 g/mol. The average Bonchev–Trinajstić information content (AvgIpc) is 3.42. The molecule has 0 unspecified atom stereocenters. The molecule has 1 aliphatic rings. The molecule has 0 spiro atoms. The van der Waals surface area contributed by atoms with E-state index >= 15 is 0 Å². The van der Waals surface area contributed by atoms with Gasteiger partial charge in [0, 0.05) is 23.6 Å². The molecule has 2 atom stereocenters. The van der Waals surface area contributed by atoms with Crippen molar-refractivity contribution >= 4 is 15.7 Å². The first-order valence-corrected chi connectivity index (χ1v) is 12.4. The van der Waals surface area contributed by atoms with Crippen LogP contribution in [-0.2, 0) is 14.6 Å². The summed E-state index contributed by atoms with van der Waals surface area (Å²) in [7, 11) is -3.29. The lowest BCUT2D eigenvalue weighted by molar-refractivity contribution is 0.129. The van der Waals surface area contributed by atoms with E-state index in [2.05, 4.69) is 9.98 Å². The Balaban J connectivity index is 1.64. The molecule has 1 aliphatic heterocycles. The number of sulfone groups is 1. The van der Waals surface area contributed by atoms with Crippen molar-refractivity contribution in [2.24, 2.45) is 4.99 Å². The fraction of sp³-hybridized carbons (Fsp3) is 0.292. The van der Waals surface area contributed by atoms with Gasteiger partial charge in [0.15, 0.2) is 9.84 Å². The quantitative estimate of drug-likeness (QED) is 0.518. The summed E-state index contributed by atoms with van der Waals surface area (Å²) >= 11 is 0. The minimum absolute atomic E-state index is 0.0533. The zero-order valence-corrected chi connectivity index (χ0v) is 19.4. The zero-order valence-electron chi connectivity index (χ0n) is 18.6. The maximum atomic E-state index is 11.7. The Morgan fingerprint density at radius 1 is 1.09 bits per heavy atom. The van der Waals surface area contributed by atoms with Crippen LogP contribution in [0.2, 0.25) is 0 Å². The molecule has 33 heavy (non-hydrogen) atoms. The molecule has 0 saturated carbocycles. The van der Waals surface area contributed by atoms with Gasteiger partial charge in [-0.2, -0.15) is 0 Å². The van der Waals surface area contributed by atoms with E-state index in [0.717, 1.165) is 23.2 Å². The number of nitrogens with zero attached hydrogens (tertiary/aromatic N) is 1. The Kier molecular flexibility index (Phi) is 6.44. The third kappa shape index (κ3) is 5.55. The van der Waals surface area contributed by atoms with Gasteiger partial charge < -0.3 is 24.3 Å². The minimum Gasteiger partial charge on any atom is -0.488 e. The summed E-state index contributed by atoms with van der Waals surface area (Å²) in [6, 6.07) is 15.4. The molecule has 174 valence electrons. The van der Waals surface area contributed by atoms with Crippen molar-refractivity contribution in [3.8, 4) is 28.5 Å². The molecule has 3 aromatic rings. The Labute approximate surface area is 192 Å². The number of aromatic amines is 1. The molecule has 0 fully saturated rings. The summed E-state index contributed by atoms with van der Waals surface area (Å²) in [5.41, 5.74) is 2.40. The fourth-order valence-corrected chi connectivity index (χ4v) is 3.96. The van der Waals surface area contributed by atoms with E-state index in [4.69, 9.17) is 14.2 Å². The molecular formula is C24H26N2O6S. The van der Waals surface area contributed by atoms with Gasteiger partial charge >= 0.3 is 0 Å². The van der Waals surface area contributed by atoms with Crippen molar-refractivity contribution in [1.29, 1.82) is 0 Å². The lowest BCUT2D eigenvalue weighted by Crippen LogP contribution is -2.16. The smallest absolute Gasteiger partial charge is 0.233 e. The van der Waals surface area contributed by atoms with Gasteiger partial charge in [-0.25, -0.2) is 13.4 Å². The molecule has 2 heterocycles. The SMILES string of the molecule is C[C@H]1CN=C(c2ccc(-c3cc(Oc4ccc(S(C)(=O)=O)cc4)cc(O[C@@H](C)CO)c3)[nH]2)O1. The highest BCUT2D eigenvalue weighted by molar-refractivity contribution is 7.90. The molecule has 9 heteroatoms. The van der Waals surface area contributed by atoms with Crippen molar-refractivity contribution in [2.45, 2.75) is 31.0 Å². The number of H-pyrrole nitrogens is 1. The van der Waals surface area contributed by atoms with E-state index < -0.39 is 15.9 Å². The second-order valence-electron chi connectivity index (χ2n) is 8.01. The first-order valence-electron chi connectivity index (χ1n) is 10.5. The summed E-state index contributed by atoms with van der Waals surface area (Å²) < 4.78 is 40.9. The number of hydrogen-bond acceptors (Lipinski definition) is 7. The first-order chi connectivity index (χ1) is 15.7. The van der Waals surface area contributed by atoms with Crippen LogP contribution in [0.3, 0.4) is 0 Å². The number of aromatic nitrogens is 1. The highest BCUT2D eigenvalue weighted by Crippen LogP contribution is 2.33. The zero-order chi connectivity index (χ0) is 23.6. The maximum absolute atomic E-state index is 11.7. The van der Waals surface area contributed by atoms with E-state index in [0.29, 0.717) is 29.7 Å². The fourth-order valence-electron chi connectivity index (χ4n) is 3.33. The number of ether oxygens (including phenoxy) is 3. The molecule has 2 aromatic carbocycles. The van der Waals surface area contributed by atoms with Gasteiger partial charge in [-0.05, 0) is 62.4 Å². The van der Waals surface area contributed by atoms with E-state index in [-0.39, 0.29) is 17.6 Å². The monoisotopic (exact) mass is 470 g/mol. The molecule has 1 aromatic heterocycles. The summed E-state index contributed by atoms with van der Waals surface area (Å²) in [5.74, 6) is 2.09. The van der Waals surface area contributed by atoms with Gasteiger partial charge in [0.05, 0.1) is 18.0 Å². The third-order valence-corrected chi connectivity index (χ3v) is 6.12. The van der Waals surface area contributed by atoms with E-state index in [1.54, 1.807) is 25.1 Å². The van der Waals surface area contributed by atoms with Crippen LogP contribution in [0.5, 0.6) is 17.2 Å². The van der Waals surface area contributed by atoms with Crippen LogP contribution in [0.4, 0.5) is 0 Å². The number of aliphatic hydroxyl groups is 1. The van der Waals surface area contributed by atoms with Gasteiger partial charge in [-0.1, -0.05) is 0 Å². The predicted molar refractivity (Wildman–Crippen MR) is 125 cm³/mol. The number of hydrogen-bond donors (Lipinski definition) is 2. The number of aliphatic imine (C=N–C) groups is 1. The molecule has 0 aliphatic carbocycles. The van der Waals surface area contributed by atoms with Crippen molar-refractivity contribution in [3.05, 3.63) is 60.3 Å². The van der Waals surface area contributed by atoms with Crippen molar-refractivity contribution < 1.29 is 27.7 Å². The Bertz CT molecular complexity index is 1260. The second-order valence-corrected chi connectivity index (χ2v) is 10.0. The normalized spacial score (nSPS) is 16.7. The molecule has 0 radical (unpaired) electrons. The van der Waals surface area contributed by atoms with Gasteiger partial charge in [0.25, 0.3) is 0 Å². The molecule has 0 amide bonds. The largest absolute Gasteiger partial charge is 0.488 e. The Morgan fingerprint density at radius 2 is 1.79 bits per heavy atom. The standard InChI is InChI=1S/C24H26N2O6S/c1-15-13-25-24(31-15)23-9-8-22(26-23)17-10-19(30-16(2)14-27)12-20(11-17)32-18-4-6-21(7-5-18)33(3,28)29/h4-12,15-16,26-27H,13-14H2,1-3H3/t15-,16-/m0/s1. The highest BCUT2D eigenvalue weighted by Gasteiger charge is 2.19. The number of nitrogens with one attached hydrogen (secondary N) is 1. The summed E-state index contributed by atoms with van der Waals surface area (Å²) in [5, 5.41) is 9.39. The third-order valence-electron chi connectivity index (χ3n) is 4.99. The Morgan fingerprint density at radius 3 is 2.42 bits per heavy atom. The maximum Gasteiger partial charge on any atom is 0.233 e. The molecule has 0 bridgehead atoms. The predicted octanol–water partition coefficient (Wildman–Crippen LogP) is 3.80. The van der Waals surface area contributed by atoms with Gasteiger partial charge in [-0.3, -0.25) is 0 Å². The first kappa shape index (κ1) is 22.9. The molecule has 8 nitrogen and oxygen atoms in total. The minimum atomic E-state index is -3.29. The van der Waals surface area contributed by atoms with E-state index in [1.165, 1.54) is 12.1 Å². The van der Waals surface area contributed by atoms with Crippen molar-refractivity contribution in [3.63, 3.8) is 0 Å². The summed E-state index contributed by atoms with van der Waals surface area (Å²) in [4.78, 5) is 7.94.